The van der Waals surface area contributed by atoms with E-state index in [1.165, 1.54) is 21.4 Å². The maximum Gasteiger partial charge on any atom is 0.239 e. The molecule has 0 bridgehead atoms. The minimum atomic E-state index is 0. The van der Waals surface area contributed by atoms with Gasteiger partial charge in [0, 0.05) is 11.4 Å². The summed E-state index contributed by atoms with van der Waals surface area (Å²) < 4.78 is 1.17. The van der Waals surface area contributed by atoms with Crippen molar-refractivity contribution in [1.82, 2.24) is 9.88 Å². The van der Waals surface area contributed by atoms with Crippen LogP contribution in [0.15, 0.2) is 41.3 Å². The largest absolute Gasteiger partial charge is 0.309 e. The number of amides is 1. The molecule has 0 saturated carbocycles. The van der Waals surface area contributed by atoms with Gasteiger partial charge in [0.2, 0.25) is 5.91 Å². The standard InChI is InChI=1S/C23H29N3OS2.ClH/c1-16-7-9-19(10-8-16)28-15-21(27)26(12-6-11-25(4)5)23-24-20-14-17(2)13-18(3)22(20)29-23;/h7-10,13-14H,6,11-12,15H2,1-5H3;1H. The lowest BCUT2D eigenvalue weighted by Crippen LogP contribution is -2.34. The number of carbonyl (C=O) groups excluding carboxylic acids is 1. The second-order valence-corrected chi connectivity index (χ2v) is 9.76. The summed E-state index contributed by atoms with van der Waals surface area (Å²) in [5, 5.41) is 0.807. The van der Waals surface area contributed by atoms with Crippen molar-refractivity contribution in [3.8, 4) is 0 Å². The van der Waals surface area contributed by atoms with E-state index in [0.717, 1.165) is 28.5 Å². The van der Waals surface area contributed by atoms with Crippen LogP contribution in [0.4, 0.5) is 5.13 Å². The highest BCUT2D eigenvalue weighted by molar-refractivity contribution is 8.00. The highest BCUT2D eigenvalue weighted by Gasteiger charge is 2.20. The minimum absolute atomic E-state index is 0. The van der Waals surface area contributed by atoms with Gasteiger partial charge in [-0.1, -0.05) is 35.1 Å². The van der Waals surface area contributed by atoms with Crippen LogP contribution in [0.25, 0.3) is 10.2 Å². The van der Waals surface area contributed by atoms with E-state index in [2.05, 4.69) is 76.2 Å². The number of nitrogens with zero attached hydrogens (tertiary/aromatic N) is 3. The summed E-state index contributed by atoms with van der Waals surface area (Å²) >= 11 is 3.21. The lowest BCUT2D eigenvalue weighted by atomic mass is 10.1. The van der Waals surface area contributed by atoms with E-state index < -0.39 is 0 Å². The fourth-order valence-corrected chi connectivity index (χ4v) is 5.04. The highest BCUT2D eigenvalue weighted by Crippen LogP contribution is 2.33. The molecule has 0 fully saturated rings. The molecule has 0 atom stereocenters. The third-order valence-electron chi connectivity index (χ3n) is 4.71. The maximum absolute atomic E-state index is 13.1. The van der Waals surface area contributed by atoms with Crippen molar-refractivity contribution in [2.75, 3.05) is 37.8 Å². The van der Waals surface area contributed by atoms with Gasteiger partial charge in [0.1, 0.15) is 0 Å². The number of hydrogen-bond acceptors (Lipinski definition) is 5. The third-order valence-corrected chi connectivity index (χ3v) is 6.94. The first-order valence-corrected chi connectivity index (χ1v) is 11.7. The molecule has 3 aromatic rings. The molecule has 0 radical (unpaired) electrons. The number of aryl methyl sites for hydroxylation is 3. The molecule has 3 rings (SSSR count). The Hall–Kier alpha value is -1.60. The first-order chi connectivity index (χ1) is 13.8. The molecule has 0 unspecified atom stereocenters. The number of halogens is 1. The number of thiazole rings is 1. The molecule has 1 amide bonds. The normalized spacial score (nSPS) is 11.0. The SMILES string of the molecule is Cc1ccc(SCC(=O)N(CCCN(C)C)c2nc3cc(C)cc(C)c3s2)cc1.Cl. The van der Waals surface area contributed by atoms with Crippen molar-refractivity contribution in [2.45, 2.75) is 32.1 Å². The number of aromatic nitrogens is 1. The Morgan fingerprint density at radius 1 is 1.03 bits per heavy atom. The predicted octanol–water partition coefficient (Wildman–Crippen LogP) is 5.72. The molecule has 162 valence electrons. The van der Waals surface area contributed by atoms with Gasteiger partial charge in [0.15, 0.2) is 5.13 Å². The zero-order chi connectivity index (χ0) is 21.0. The van der Waals surface area contributed by atoms with Gasteiger partial charge in [-0.05, 0) is 77.2 Å². The van der Waals surface area contributed by atoms with E-state index in [1.54, 1.807) is 23.1 Å². The van der Waals surface area contributed by atoms with Gasteiger partial charge >= 0.3 is 0 Å². The summed E-state index contributed by atoms with van der Waals surface area (Å²) in [7, 11) is 4.12. The van der Waals surface area contributed by atoms with E-state index in [4.69, 9.17) is 4.98 Å². The van der Waals surface area contributed by atoms with E-state index in [-0.39, 0.29) is 18.3 Å². The number of hydrogen-bond donors (Lipinski definition) is 0. The van der Waals surface area contributed by atoms with Crippen LogP contribution in [0.5, 0.6) is 0 Å². The lowest BCUT2D eigenvalue weighted by Gasteiger charge is -2.21. The van der Waals surface area contributed by atoms with Crippen molar-refractivity contribution >= 4 is 56.8 Å². The molecule has 0 aliphatic rings. The average molecular weight is 464 g/mol. The van der Waals surface area contributed by atoms with Gasteiger partial charge < -0.3 is 4.90 Å². The van der Waals surface area contributed by atoms with Crippen LogP contribution in [0, 0.1) is 20.8 Å². The monoisotopic (exact) mass is 463 g/mol. The van der Waals surface area contributed by atoms with Gasteiger partial charge in [-0.25, -0.2) is 4.98 Å². The van der Waals surface area contributed by atoms with E-state index in [9.17, 15) is 4.79 Å². The van der Waals surface area contributed by atoms with Crippen LogP contribution in [-0.2, 0) is 4.79 Å². The van der Waals surface area contributed by atoms with Crippen molar-refractivity contribution in [2.24, 2.45) is 0 Å². The molecule has 0 aliphatic carbocycles. The summed E-state index contributed by atoms with van der Waals surface area (Å²) in [5.41, 5.74) is 4.64. The third kappa shape index (κ3) is 6.45. The Balaban J connectivity index is 0.00000320. The molecule has 0 N–H and O–H groups in total. The fraction of sp³-hybridized carbons (Fsp3) is 0.391. The Morgan fingerprint density at radius 2 is 1.73 bits per heavy atom. The summed E-state index contributed by atoms with van der Waals surface area (Å²) in [6.07, 6.45) is 0.919. The number of rotatable bonds is 8. The van der Waals surface area contributed by atoms with Crippen LogP contribution >= 0.6 is 35.5 Å². The van der Waals surface area contributed by atoms with Crippen LogP contribution in [-0.4, -0.2) is 48.7 Å². The quantitative estimate of drug-likeness (QED) is 0.400. The molecule has 0 spiro atoms. The molecule has 7 heteroatoms. The van der Waals surface area contributed by atoms with Crippen molar-refractivity contribution in [1.29, 1.82) is 0 Å². The smallest absolute Gasteiger partial charge is 0.239 e. The summed E-state index contributed by atoms with van der Waals surface area (Å²) in [5.74, 6) is 0.529. The van der Waals surface area contributed by atoms with Crippen LogP contribution in [0.3, 0.4) is 0 Å². The summed E-state index contributed by atoms with van der Waals surface area (Å²) in [6, 6.07) is 12.6. The Morgan fingerprint density at radius 3 is 2.40 bits per heavy atom. The molecule has 2 aromatic carbocycles. The number of thioether (sulfide) groups is 1. The molecule has 0 saturated heterocycles. The molecule has 1 aromatic heterocycles. The fourth-order valence-electron chi connectivity index (χ4n) is 3.21. The molecule has 0 aliphatic heterocycles. The number of fused-ring (bicyclic) bond motifs is 1. The highest BCUT2D eigenvalue weighted by atomic mass is 35.5. The van der Waals surface area contributed by atoms with Gasteiger partial charge in [0.25, 0.3) is 0 Å². The first-order valence-electron chi connectivity index (χ1n) is 9.86. The Labute approximate surface area is 194 Å². The lowest BCUT2D eigenvalue weighted by molar-refractivity contribution is -0.116. The van der Waals surface area contributed by atoms with E-state index in [0.29, 0.717) is 12.3 Å². The minimum Gasteiger partial charge on any atom is -0.309 e. The van der Waals surface area contributed by atoms with Gasteiger partial charge in [-0.3, -0.25) is 9.69 Å². The number of benzene rings is 2. The van der Waals surface area contributed by atoms with Crippen molar-refractivity contribution in [3.05, 3.63) is 53.1 Å². The topological polar surface area (TPSA) is 36.4 Å². The van der Waals surface area contributed by atoms with Crippen LogP contribution < -0.4 is 4.90 Å². The molecular weight excluding hydrogens is 434 g/mol. The maximum atomic E-state index is 13.1. The summed E-state index contributed by atoms with van der Waals surface area (Å²) in [4.78, 5) is 23.1. The summed E-state index contributed by atoms with van der Waals surface area (Å²) in [6.45, 7) is 7.90. The van der Waals surface area contributed by atoms with Crippen molar-refractivity contribution in [3.63, 3.8) is 0 Å². The predicted molar refractivity (Wildman–Crippen MR) is 134 cm³/mol. The second-order valence-electron chi connectivity index (χ2n) is 7.73. The molecular formula is C23H30ClN3OS2. The number of carbonyl (C=O) groups is 1. The second kappa shape index (κ2) is 11.1. The molecule has 4 nitrogen and oxygen atoms in total. The average Bonchev–Trinajstić information content (AvgIpc) is 3.08. The van der Waals surface area contributed by atoms with Crippen molar-refractivity contribution < 1.29 is 4.79 Å². The molecule has 1 heterocycles. The van der Waals surface area contributed by atoms with Gasteiger partial charge in [0.05, 0.1) is 16.0 Å². The van der Waals surface area contributed by atoms with Crippen LogP contribution in [0.2, 0.25) is 0 Å². The number of anilines is 1. The molecule has 30 heavy (non-hydrogen) atoms. The Kier molecular flexibility index (Phi) is 9.16. The zero-order valence-corrected chi connectivity index (χ0v) is 20.7. The zero-order valence-electron chi connectivity index (χ0n) is 18.3. The van der Waals surface area contributed by atoms with Gasteiger partial charge in [-0.15, -0.1) is 24.2 Å². The van der Waals surface area contributed by atoms with Crippen LogP contribution in [0.1, 0.15) is 23.1 Å². The van der Waals surface area contributed by atoms with E-state index >= 15 is 0 Å². The first kappa shape index (κ1) is 24.7. The Bertz CT molecular complexity index is 986. The van der Waals surface area contributed by atoms with Gasteiger partial charge in [-0.2, -0.15) is 0 Å². The van der Waals surface area contributed by atoms with E-state index in [1.807, 2.05) is 4.90 Å².